The summed E-state index contributed by atoms with van der Waals surface area (Å²) in [6, 6.07) is 18.0. The molecule has 1 unspecified atom stereocenters. The van der Waals surface area contributed by atoms with E-state index in [1.54, 1.807) is 0 Å². The molecule has 0 spiro atoms. The minimum Gasteiger partial charge on any atom is -0.118 e. The third kappa shape index (κ3) is 4.38. The summed E-state index contributed by atoms with van der Waals surface area (Å²) in [5.41, 5.74) is 4.38. The molecular weight excluding hydrogens is 272 g/mol. The predicted molar refractivity (Wildman–Crippen MR) is 95.2 cm³/mol. The monoisotopic (exact) mass is 298 g/mol. The molecule has 0 N–H and O–H groups in total. The third-order valence-corrected chi connectivity index (χ3v) is 5.25. The minimum atomic E-state index is 0.226. The average Bonchev–Trinajstić information content (AvgIpc) is 2.45. The van der Waals surface area contributed by atoms with Gasteiger partial charge in [0.15, 0.2) is 0 Å². The summed E-state index contributed by atoms with van der Waals surface area (Å²) in [6.45, 7) is 11.2. The van der Waals surface area contributed by atoms with Gasteiger partial charge in [-0.2, -0.15) is 0 Å². The molecule has 0 saturated carbocycles. The Labute approximate surface area is 134 Å². The summed E-state index contributed by atoms with van der Waals surface area (Å²) in [6.07, 6.45) is 1.15. The van der Waals surface area contributed by atoms with Crippen molar-refractivity contribution >= 4 is 11.8 Å². The van der Waals surface area contributed by atoms with Gasteiger partial charge in [-0.25, -0.2) is 0 Å². The Kier molecular flexibility index (Phi) is 5.16. The summed E-state index contributed by atoms with van der Waals surface area (Å²) < 4.78 is 0. The number of hydrogen-bond donors (Lipinski definition) is 0. The van der Waals surface area contributed by atoms with Crippen LogP contribution in [0.4, 0.5) is 0 Å². The smallest absolute Gasteiger partial charge is 0.0341 e. The van der Waals surface area contributed by atoms with Gasteiger partial charge in [0.2, 0.25) is 0 Å². The zero-order valence-corrected chi connectivity index (χ0v) is 14.6. The Balaban J connectivity index is 2.13. The van der Waals surface area contributed by atoms with Crippen molar-refractivity contribution < 1.29 is 0 Å². The Bertz CT molecular complexity index is 558. The number of hydrogen-bond acceptors (Lipinski definition) is 1. The first-order valence-corrected chi connectivity index (χ1v) is 8.62. The van der Waals surface area contributed by atoms with Crippen molar-refractivity contribution in [2.24, 2.45) is 0 Å². The fourth-order valence-corrected chi connectivity index (χ4v) is 3.45. The van der Waals surface area contributed by atoms with E-state index in [1.807, 2.05) is 11.8 Å². The Morgan fingerprint density at radius 3 is 1.95 bits per heavy atom. The zero-order chi connectivity index (χ0) is 15.5. The molecule has 2 aromatic rings. The van der Waals surface area contributed by atoms with Crippen LogP contribution in [0, 0.1) is 6.92 Å². The SMILES string of the molecule is CCC(Sc1ccc(C(C)(C)C)cc1)c1ccc(C)cc1. The molecule has 21 heavy (non-hydrogen) atoms. The van der Waals surface area contributed by atoms with E-state index in [1.165, 1.54) is 21.6 Å². The molecule has 2 rings (SSSR count). The van der Waals surface area contributed by atoms with E-state index in [-0.39, 0.29) is 5.41 Å². The maximum Gasteiger partial charge on any atom is 0.0341 e. The lowest BCUT2D eigenvalue weighted by atomic mass is 9.87. The summed E-state index contributed by atoms with van der Waals surface area (Å²) >= 11 is 1.97. The molecule has 0 amide bonds. The highest BCUT2D eigenvalue weighted by Gasteiger charge is 2.14. The first-order valence-electron chi connectivity index (χ1n) is 7.74. The molecule has 1 heteroatoms. The largest absolute Gasteiger partial charge is 0.118 e. The van der Waals surface area contributed by atoms with E-state index in [9.17, 15) is 0 Å². The normalized spacial score (nSPS) is 13.2. The Hall–Kier alpha value is -1.21. The number of thioether (sulfide) groups is 1. The summed E-state index contributed by atoms with van der Waals surface area (Å²) in [4.78, 5) is 1.36. The lowest BCUT2D eigenvalue weighted by molar-refractivity contribution is 0.589. The van der Waals surface area contributed by atoms with Crippen molar-refractivity contribution in [1.82, 2.24) is 0 Å². The van der Waals surface area contributed by atoms with Crippen LogP contribution in [0.15, 0.2) is 53.4 Å². The molecule has 0 aliphatic rings. The fraction of sp³-hybridized carbons (Fsp3) is 0.400. The van der Waals surface area contributed by atoms with E-state index < -0.39 is 0 Å². The quantitative estimate of drug-likeness (QED) is 0.578. The second kappa shape index (κ2) is 6.70. The van der Waals surface area contributed by atoms with E-state index in [2.05, 4.69) is 83.1 Å². The van der Waals surface area contributed by atoms with Crippen molar-refractivity contribution in [2.75, 3.05) is 0 Å². The molecule has 0 nitrogen and oxygen atoms in total. The van der Waals surface area contributed by atoms with Crippen LogP contribution in [-0.2, 0) is 5.41 Å². The first-order chi connectivity index (χ1) is 9.90. The van der Waals surface area contributed by atoms with Gasteiger partial charge in [-0.3, -0.25) is 0 Å². The van der Waals surface area contributed by atoms with Crippen molar-refractivity contribution in [1.29, 1.82) is 0 Å². The first kappa shape index (κ1) is 16.2. The highest BCUT2D eigenvalue weighted by Crippen LogP contribution is 2.38. The maximum atomic E-state index is 2.27. The van der Waals surface area contributed by atoms with Gasteiger partial charge >= 0.3 is 0 Å². The van der Waals surface area contributed by atoms with Crippen molar-refractivity contribution in [2.45, 2.75) is 56.6 Å². The molecule has 0 aromatic heterocycles. The summed E-state index contributed by atoms with van der Waals surface area (Å²) in [7, 11) is 0. The van der Waals surface area contributed by atoms with Crippen molar-refractivity contribution in [3.05, 3.63) is 65.2 Å². The van der Waals surface area contributed by atoms with Gasteiger partial charge in [0.05, 0.1) is 0 Å². The second-order valence-electron chi connectivity index (χ2n) is 6.70. The van der Waals surface area contributed by atoms with E-state index in [0.29, 0.717) is 5.25 Å². The van der Waals surface area contributed by atoms with Crippen LogP contribution >= 0.6 is 11.8 Å². The molecule has 2 aromatic carbocycles. The predicted octanol–water partition coefficient (Wildman–Crippen LogP) is 6.54. The molecule has 112 valence electrons. The molecular formula is C20H26S. The molecule has 0 fully saturated rings. The third-order valence-electron chi connectivity index (χ3n) is 3.82. The molecule has 0 saturated heterocycles. The molecule has 0 bridgehead atoms. The number of rotatable bonds is 4. The van der Waals surface area contributed by atoms with Crippen LogP contribution in [0.1, 0.15) is 56.1 Å². The molecule has 0 radical (unpaired) electrons. The van der Waals surface area contributed by atoms with Gasteiger partial charge in [-0.1, -0.05) is 69.7 Å². The lowest BCUT2D eigenvalue weighted by Gasteiger charge is -2.20. The van der Waals surface area contributed by atoms with Gasteiger partial charge in [0.1, 0.15) is 0 Å². The van der Waals surface area contributed by atoms with Crippen LogP contribution in [0.3, 0.4) is 0 Å². The van der Waals surface area contributed by atoms with Crippen LogP contribution in [0.2, 0.25) is 0 Å². The molecule has 0 heterocycles. The fourth-order valence-electron chi connectivity index (χ4n) is 2.37. The molecule has 0 aliphatic carbocycles. The number of benzene rings is 2. The minimum absolute atomic E-state index is 0.226. The lowest BCUT2D eigenvalue weighted by Crippen LogP contribution is -2.10. The standard InChI is InChI=1S/C20H26S/c1-6-19(16-9-7-15(2)8-10-16)21-18-13-11-17(12-14-18)20(3,4)5/h7-14,19H,6H2,1-5H3. The highest BCUT2D eigenvalue weighted by atomic mass is 32.2. The Morgan fingerprint density at radius 1 is 0.905 bits per heavy atom. The van der Waals surface area contributed by atoms with Gasteiger partial charge in [0, 0.05) is 10.1 Å². The van der Waals surface area contributed by atoms with Gasteiger partial charge in [-0.15, -0.1) is 11.8 Å². The van der Waals surface area contributed by atoms with Crippen LogP contribution in [0.25, 0.3) is 0 Å². The maximum absolute atomic E-state index is 2.27. The summed E-state index contributed by atoms with van der Waals surface area (Å²) in [5, 5.41) is 0.533. The topological polar surface area (TPSA) is 0 Å². The molecule has 1 atom stereocenters. The highest BCUT2D eigenvalue weighted by molar-refractivity contribution is 7.99. The number of aryl methyl sites for hydroxylation is 1. The average molecular weight is 298 g/mol. The second-order valence-corrected chi connectivity index (χ2v) is 7.98. The van der Waals surface area contributed by atoms with E-state index in [4.69, 9.17) is 0 Å². The van der Waals surface area contributed by atoms with Crippen molar-refractivity contribution in [3.63, 3.8) is 0 Å². The van der Waals surface area contributed by atoms with Crippen molar-refractivity contribution in [3.8, 4) is 0 Å². The van der Waals surface area contributed by atoms with E-state index in [0.717, 1.165) is 6.42 Å². The summed E-state index contributed by atoms with van der Waals surface area (Å²) in [5.74, 6) is 0. The van der Waals surface area contributed by atoms with E-state index >= 15 is 0 Å². The van der Waals surface area contributed by atoms with Gasteiger partial charge in [-0.05, 0) is 42.0 Å². The Morgan fingerprint density at radius 2 is 1.48 bits per heavy atom. The van der Waals surface area contributed by atoms with Crippen LogP contribution < -0.4 is 0 Å². The molecule has 0 aliphatic heterocycles. The van der Waals surface area contributed by atoms with Crippen LogP contribution in [-0.4, -0.2) is 0 Å². The van der Waals surface area contributed by atoms with Crippen LogP contribution in [0.5, 0.6) is 0 Å². The van der Waals surface area contributed by atoms with Gasteiger partial charge < -0.3 is 0 Å². The van der Waals surface area contributed by atoms with Gasteiger partial charge in [0.25, 0.3) is 0 Å². The zero-order valence-electron chi connectivity index (χ0n) is 13.8.